The molecule has 0 radical (unpaired) electrons. The van der Waals surface area contributed by atoms with Crippen LogP contribution in [-0.2, 0) is 23.7 Å². The maximum atomic E-state index is 11.3. The van der Waals surface area contributed by atoms with E-state index < -0.39 is 117 Å². The van der Waals surface area contributed by atoms with Crippen molar-refractivity contribution in [3.8, 4) is 0 Å². The summed E-state index contributed by atoms with van der Waals surface area (Å²) in [6, 6.07) is 0. The minimum atomic E-state index is -1.76. The van der Waals surface area contributed by atoms with Crippen molar-refractivity contribution in [1.82, 2.24) is 0 Å². The molecule has 0 aromatic carbocycles. The van der Waals surface area contributed by atoms with Crippen LogP contribution in [0.25, 0.3) is 0 Å². The molecule has 0 saturated carbocycles. The van der Waals surface area contributed by atoms with Gasteiger partial charge < -0.3 is 79.9 Å². The van der Waals surface area contributed by atoms with E-state index in [0.29, 0.717) is 12.8 Å². The van der Waals surface area contributed by atoms with Crippen LogP contribution in [0.5, 0.6) is 0 Å². The summed E-state index contributed by atoms with van der Waals surface area (Å²) in [6.07, 6.45) is -18.6. The quantitative estimate of drug-likeness (QED) is 0.0921. The molecule has 0 bridgehead atoms. The molecule has 3 saturated heterocycles. The largest absolute Gasteiger partial charge is 0.394 e. The molecule has 0 amide bonds. The molecule has 3 rings (SSSR count). The highest BCUT2D eigenvalue weighted by atomic mass is 16.7. The molecule has 11 N–H and O–H groups in total. The Hall–Kier alpha value is -0.640. The fourth-order valence-electron chi connectivity index (χ4n) is 6.29. The molecule has 16 nitrogen and oxygen atoms in total. The van der Waals surface area contributed by atoms with Crippen LogP contribution in [0.2, 0.25) is 0 Å². The number of aliphatic hydroxyl groups is 11. The standard InChI is InChI=1S/C27H50O16/c1-4-6-12(7-27(11-30)8-13(31)17(32)23(38)42-27)39-24-21(36)19(34)16(14(9-28)40-24)26(3,5-2)43-25-22(37)20(35)18(33)15(10-29)41-25/h12-25,28-38H,4-11H2,1-3H3/t12?,13?,14?,15?,16-,17?,18-,19?,20?,21?,22?,23+,24-,25-,26?,27?/m1/s1. The first-order valence-electron chi connectivity index (χ1n) is 14.8. The maximum Gasteiger partial charge on any atom is 0.187 e. The normalized spacial score (nSPS) is 46.3. The summed E-state index contributed by atoms with van der Waals surface area (Å²) < 4.78 is 28.9. The zero-order chi connectivity index (χ0) is 32.3. The van der Waals surface area contributed by atoms with E-state index in [4.69, 9.17) is 23.7 Å². The van der Waals surface area contributed by atoms with E-state index in [2.05, 4.69) is 0 Å². The Morgan fingerprint density at radius 3 is 1.93 bits per heavy atom. The van der Waals surface area contributed by atoms with Gasteiger partial charge in [-0.1, -0.05) is 20.3 Å². The van der Waals surface area contributed by atoms with Crippen LogP contribution in [0, 0.1) is 5.92 Å². The molecule has 0 spiro atoms. The summed E-state index contributed by atoms with van der Waals surface area (Å²) in [5.74, 6) is -1.13. The summed E-state index contributed by atoms with van der Waals surface area (Å²) in [5.41, 5.74) is -2.95. The Labute approximate surface area is 250 Å². The average molecular weight is 631 g/mol. The number of rotatable bonds is 13. The third kappa shape index (κ3) is 7.85. The monoisotopic (exact) mass is 630 g/mol. The third-order valence-corrected chi connectivity index (χ3v) is 8.99. The van der Waals surface area contributed by atoms with Crippen molar-refractivity contribution >= 4 is 0 Å². The van der Waals surface area contributed by atoms with Gasteiger partial charge >= 0.3 is 0 Å². The van der Waals surface area contributed by atoms with Crippen LogP contribution in [0.1, 0.15) is 52.9 Å². The smallest absolute Gasteiger partial charge is 0.187 e. The molecule has 16 heteroatoms. The first-order chi connectivity index (χ1) is 20.2. The molecule has 0 aliphatic carbocycles. The SMILES string of the molecule is CCCC(CC1(CO)CC(O)C(O)[C@@H](O)O1)O[C@@H]1OC(CO)[C@@H](C(C)(CC)O[C@H]2OC(CO)[C@@H](O)C(O)C2O)C(O)C1O. The Bertz CT molecular complexity index is 836. The molecule has 0 aromatic rings. The number of ether oxygens (including phenoxy) is 5. The molecule has 43 heavy (non-hydrogen) atoms. The fourth-order valence-corrected chi connectivity index (χ4v) is 6.29. The number of hydrogen-bond acceptors (Lipinski definition) is 16. The Balaban J connectivity index is 1.79. The summed E-state index contributed by atoms with van der Waals surface area (Å²) >= 11 is 0. The lowest BCUT2D eigenvalue weighted by Crippen LogP contribution is -2.66. The van der Waals surface area contributed by atoms with Crippen molar-refractivity contribution in [2.75, 3.05) is 19.8 Å². The Kier molecular flexibility index (Phi) is 13.1. The number of hydrogen-bond donors (Lipinski definition) is 11. The van der Waals surface area contributed by atoms with E-state index in [-0.39, 0.29) is 19.3 Å². The van der Waals surface area contributed by atoms with Crippen LogP contribution in [0.3, 0.4) is 0 Å². The van der Waals surface area contributed by atoms with Crippen LogP contribution in [0.4, 0.5) is 0 Å². The van der Waals surface area contributed by atoms with Gasteiger partial charge in [-0.15, -0.1) is 0 Å². The second kappa shape index (κ2) is 15.3. The molecular formula is C27H50O16. The summed E-state index contributed by atoms with van der Waals surface area (Å²) in [6.45, 7) is 3.09. The summed E-state index contributed by atoms with van der Waals surface area (Å²) in [7, 11) is 0. The fraction of sp³-hybridized carbons (Fsp3) is 1.00. The van der Waals surface area contributed by atoms with Gasteiger partial charge in [0, 0.05) is 18.8 Å². The van der Waals surface area contributed by atoms with Crippen LogP contribution >= 0.6 is 0 Å². The second-order valence-electron chi connectivity index (χ2n) is 12.1. The molecule has 3 aliphatic rings. The van der Waals surface area contributed by atoms with E-state index in [1.807, 2.05) is 6.92 Å². The van der Waals surface area contributed by atoms with E-state index in [0.717, 1.165) is 0 Å². The topological polar surface area (TPSA) is 269 Å². The van der Waals surface area contributed by atoms with Crippen molar-refractivity contribution in [1.29, 1.82) is 0 Å². The molecule has 3 heterocycles. The van der Waals surface area contributed by atoms with Crippen molar-refractivity contribution in [2.24, 2.45) is 5.92 Å². The van der Waals surface area contributed by atoms with Crippen molar-refractivity contribution < 1.29 is 79.9 Å². The van der Waals surface area contributed by atoms with E-state index in [1.54, 1.807) is 6.92 Å². The van der Waals surface area contributed by atoms with E-state index >= 15 is 0 Å². The highest BCUT2D eigenvalue weighted by Crippen LogP contribution is 2.42. The van der Waals surface area contributed by atoms with E-state index in [1.165, 1.54) is 6.92 Å². The van der Waals surface area contributed by atoms with Gasteiger partial charge in [-0.3, -0.25) is 0 Å². The zero-order valence-corrected chi connectivity index (χ0v) is 24.7. The highest BCUT2D eigenvalue weighted by Gasteiger charge is 2.56. The van der Waals surface area contributed by atoms with Gasteiger partial charge in [0.2, 0.25) is 0 Å². The first kappa shape index (κ1) is 36.8. The van der Waals surface area contributed by atoms with Gasteiger partial charge in [-0.2, -0.15) is 0 Å². The van der Waals surface area contributed by atoms with Gasteiger partial charge in [0.1, 0.15) is 36.6 Å². The minimum Gasteiger partial charge on any atom is -0.394 e. The van der Waals surface area contributed by atoms with Gasteiger partial charge in [0.25, 0.3) is 0 Å². The summed E-state index contributed by atoms with van der Waals surface area (Å²) in [4.78, 5) is 0. The molecule has 254 valence electrons. The molecule has 0 aromatic heterocycles. The third-order valence-electron chi connectivity index (χ3n) is 8.99. The average Bonchev–Trinajstić information content (AvgIpc) is 2.98. The first-order valence-corrected chi connectivity index (χ1v) is 14.8. The molecular weight excluding hydrogens is 580 g/mol. The van der Waals surface area contributed by atoms with E-state index in [9.17, 15) is 56.2 Å². The highest BCUT2D eigenvalue weighted by molar-refractivity contribution is 5.01. The maximum absolute atomic E-state index is 11.3. The van der Waals surface area contributed by atoms with Crippen LogP contribution in [-0.4, -0.2) is 167 Å². The lowest BCUT2D eigenvalue weighted by Gasteiger charge is -2.52. The lowest BCUT2D eigenvalue weighted by molar-refractivity contribution is -0.362. The Morgan fingerprint density at radius 2 is 1.40 bits per heavy atom. The van der Waals surface area contributed by atoms with Gasteiger partial charge in [-0.05, 0) is 19.8 Å². The second-order valence-corrected chi connectivity index (χ2v) is 12.1. The zero-order valence-electron chi connectivity index (χ0n) is 24.7. The van der Waals surface area contributed by atoms with Gasteiger partial charge in [0.15, 0.2) is 18.9 Å². The summed E-state index contributed by atoms with van der Waals surface area (Å²) in [5, 5.41) is 113. The van der Waals surface area contributed by atoms with Crippen LogP contribution < -0.4 is 0 Å². The van der Waals surface area contributed by atoms with Crippen molar-refractivity contribution in [3.05, 3.63) is 0 Å². The Morgan fingerprint density at radius 1 is 0.791 bits per heavy atom. The molecule has 16 atom stereocenters. The van der Waals surface area contributed by atoms with Crippen molar-refractivity contribution in [3.63, 3.8) is 0 Å². The molecule has 11 unspecified atom stereocenters. The van der Waals surface area contributed by atoms with Gasteiger partial charge in [-0.25, -0.2) is 0 Å². The van der Waals surface area contributed by atoms with Gasteiger partial charge in [0.05, 0.1) is 55.4 Å². The van der Waals surface area contributed by atoms with Crippen molar-refractivity contribution in [2.45, 2.75) is 144 Å². The minimum absolute atomic E-state index is 0.0824. The molecule has 3 aliphatic heterocycles. The predicted octanol–water partition coefficient (Wildman–Crippen LogP) is -4.21. The lowest BCUT2D eigenvalue weighted by atomic mass is 9.75. The predicted molar refractivity (Wildman–Crippen MR) is 143 cm³/mol. The number of aliphatic hydroxyl groups excluding tert-OH is 11. The molecule has 3 fully saturated rings. The van der Waals surface area contributed by atoms with Crippen LogP contribution in [0.15, 0.2) is 0 Å².